The first-order valence-electron chi connectivity index (χ1n) is 3.07. The Morgan fingerprint density at radius 1 is 1.27 bits per heavy atom. The van der Waals surface area contributed by atoms with E-state index in [1.54, 1.807) is 0 Å². The first-order valence-corrected chi connectivity index (χ1v) is 4.94. The maximum Gasteiger partial charge on any atom is 0.0458 e. The van der Waals surface area contributed by atoms with Gasteiger partial charge in [-0.3, -0.25) is 0 Å². The molecule has 1 aliphatic carbocycles. The molecule has 1 nitrogen and oxygen atoms in total. The molecule has 0 amide bonds. The minimum absolute atomic E-state index is 0.753. The van der Waals surface area contributed by atoms with Crippen molar-refractivity contribution < 1.29 is 0 Å². The van der Waals surface area contributed by atoms with E-state index < -0.39 is 0 Å². The van der Waals surface area contributed by atoms with Gasteiger partial charge in [0.15, 0.2) is 0 Å². The molecule has 0 fully saturated rings. The molecule has 0 aromatic carbocycles. The molecular weight excluding hydrogens is 317 g/mol. The molecule has 3 heteroatoms. The van der Waals surface area contributed by atoms with Crippen LogP contribution in [0.3, 0.4) is 0 Å². The molecule has 1 rings (SSSR count). The highest BCUT2D eigenvalue weighted by atomic mass is 127. The van der Waals surface area contributed by atoms with Gasteiger partial charge < -0.3 is 5.73 Å². The molecule has 58 valence electrons. The molecule has 0 saturated heterocycles. The topological polar surface area (TPSA) is 26.0 Å². The highest BCUT2D eigenvalue weighted by Crippen LogP contribution is 2.20. The van der Waals surface area contributed by atoms with Gasteiger partial charge in [-0.25, -0.2) is 0 Å². The lowest BCUT2D eigenvalue weighted by Gasteiger charge is -1.99. The summed E-state index contributed by atoms with van der Waals surface area (Å²) in [6, 6.07) is 0. The van der Waals surface area contributed by atoms with Crippen LogP contribution < -0.4 is 5.73 Å². The van der Waals surface area contributed by atoms with E-state index in [-0.39, 0.29) is 0 Å². The molecule has 0 saturated carbocycles. The molecule has 0 radical (unpaired) electrons. The Balaban J connectivity index is 3.00. The second-order valence-electron chi connectivity index (χ2n) is 2.05. The summed E-state index contributed by atoms with van der Waals surface area (Å²) in [6.07, 6.45) is 9.74. The van der Waals surface area contributed by atoms with Gasteiger partial charge in [-0.1, -0.05) is 12.2 Å². The lowest BCUT2D eigenvalue weighted by atomic mass is 10.3. The van der Waals surface area contributed by atoms with Gasteiger partial charge in [-0.05, 0) is 56.7 Å². The lowest BCUT2D eigenvalue weighted by Crippen LogP contribution is -1.96. The summed E-state index contributed by atoms with van der Waals surface area (Å²) in [7, 11) is 0. The summed E-state index contributed by atoms with van der Waals surface area (Å²) in [6.45, 7) is 0. The Labute approximate surface area is 88.0 Å². The predicted molar refractivity (Wildman–Crippen MR) is 60.5 cm³/mol. The Morgan fingerprint density at radius 2 is 1.91 bits per heavy atom. The van der Waals surface area contributed by atoms with Gasteiger partial charge >= 0.3 is 0 Å². The highest BCUT2D eigenvalue weighted by Gasteiger charge is 1.96. The smallest absolute Gasteiger partial charge is 0.0458 e. The summed E-state index contributed by atoms with van der Waals surface area (Å²) in [5.74, 6) is 0. The molecule has 0 bridgehead atoms. The molecule has 2 N–H and O–H groups in total. The van der Waals surface area contributed by atoms with Crippen LogP contribution in [0.2, 0.25) is 0 Å². The van der Waals surface area contributed by atoms with Crippen molar-refractivity contribution in [1.82, 2.24) is 0 Å². The number of hydrogen-bond donors (Lipinski definition) is 1. The van der Waals surface area contributed by atoms with Crippen molar-refractivity contribution in [3.8, 4) is 0 Å². The van der Waals surface area contributed by atoms with E-state index in [2.05, 4.69) is 38.5 Å². The van der Waals surface area contributed by atoms with Crippen LogP contribution in [-0.2, 0) is 0 Å². The zero-order valence-corrected chi connectivity index (χ0v) is 9.46. The number of hydrogen-bond acceptors (Lipinski definition) is 1. The van der Waals surface area contributed by atoms with Gasteiger partial charge in [-0.15, -0.1) is 0 Å². The average Bonchev–Trinajstić information content (AvgIpc) is 1.95. The zero-order valence-electron chi connectivity index (χ0n) is 5.72. The van der Waals surface area contributed by atoms with Gasteiger partial charge in [0.05, 0.1) is 0 Å². The van der Waals surface area contributed by atoms with Crippen molar-refractivity contribution in [2.75, 3.05) is 0 Å². The van der Waals surface area contributed by atoms with Crippen molar-refractivity contribution in [3.63, 3.8) is 0 Å². The second kappa shape index (κ2) is 4.11. The molecular formula is C8H7BrIN. The van der Waals surface area contributed by atoms with E-state index in [9.17, 15) is 0 Å². The summed E-state index contributed by atoms with van der Waals surface area (Å²) in [5.41, 5.74) is 6.43. The van der Waals surface area contributed by atoms with Crippen LogP contribution in [0.25, 0.3) is 0 Å². The van der Waals surface area contributed by atoms with Crippen LogP contribution in [0, 0.1) is 0 Å². The molecule has 0 atom stereocenters. The van der Waals surface area contributed by atoms with Crippen molar-refractivity contribution >= 4 is 38.5 Å². The van der Waals surface area contributed by atoms with Crippen LogP contribution in [0.4, 0.5) is 0 Å². The fourth-order valence-electron chi connectivity index (χ4n) is 0.639. The average molecular weight is 324 g/mol. The third-order valence-electron chi connectivity index (χ3n) is 1.18. The van der Waals surface area contributed by atoms with E-state index in [1.165, 1.54) is 0 Å². The van der Waals surface area contributed by atoms with E-state index in [1.807, 2.05) is 30.4 Å². The molecule has 0 aromatic heterocycles. The fourth-order valence-corrected chi connectivity index (χ4v) is 1.96. The molecule has 0 aromatic rings. The maximum atomic E-state index is 5.67. The first-order chi connectivity index (χ1) is 5.20. The molecule has 0 spiro atoms. The van der Waals surface area contributed by atoms with Crippen LogP contribution in [-0.4, -0.2) is 0 Å². The van der Waals surface area contributed by atoms with E-state index in [4.69, 9.17) is 5.73 Å². The molecule has 0 heterocycles. The van der Waals surface area contributed by atoms with Crippen LogP contribution in [0.15, 0.2) is 44.1 Å². The first kappa shape index (κ1) is 9.06. The number of allylic oxidation sites excluding steroid dienone is 7. The standard InChI is InChI=1S/C8H7BrIN/c9-7-5-6(10)3-1-2-4-8(7)11/h1-5H,11H2/b2-1+,3-1?,4-2?,6-3+,6-5?,7-5?,8-4?,8-7?. The van der Waals surface area contributed by atoms with Gasteiger partial charge in [0, 0.05) is 13.8 Å². The number of rotatable bonds is 0. The highest BCUT2D eigenvalue weighted by molar-refractivity contribution is 14.1. The van der Waals surface area contributed by atoms with Crippen molar-refractivity contribution in [3.05, 3.63) is 44.1 Å². The maximum absolute atomic E-state index is 5.67. The summed E-state index contributed by atoms with van der Waals surface area (Å²) >= 11 is 5.61. The summed E-state index contributed by atoms with van der Waals surface area (Å²) in [5, 5.41) is 0. The molecule has 11 heavy (non-hydrogen) atoms. The van der Waals surface area contributed by atoms with Crippen LogP contribution >= 0.6 is 38.5 Å². The van der Waals surface area contributed by atoms with Crippen molar-refractivity contribution in [1.29, 1.82) is 0 Å². The second-order valence-corrected chi connectivity index (χ2v) is 4.15. The lowest BCUT2D eigenvalue weighted by molar-refractivity contribution is 1.41. The SMILES string of the molecule is NC1=C/C=C/C=C(/I)C=C1Br. The Hall–Kier alpha value is -0.0300. The van der Waals surface area contributed by atoms with Crippen LogP contribution in [0.5, 0.6) is 0 Å². The number of nitrogens with two attached hydrogens (primary N) is 1. The number of halogens is 2. The van der Waals surface area contributed by atoms with Gasteiger partial charge in [0.1, 0.15) is 0 Å². The minimum atomic E-state index is 0.753. The largest absolute Gasteiger partial charge is 0.398 e. The fraction of sp³-hybridized carbons (Fsp3) is 0. The van der Waals surface area contributed by atoms with Crippen molar-refractivity contribution in [2.45, 2.75) is 0 Å². The normalized spacial score (nSPS) is 25.5. The Bertz CT molecular complexity index is 274. The van der Waals surface area contributed by atoms with E-state index >= 15 is 0 Å². The minimum Gasteiger partial charge on any atom is -0.398 e. The van der Waals surface area contributed by atoms with Gasteiger partial charge in [0.2, 0.25) is 0 Å². The van der Waals surface area contributed by atoms with Gasteiger partial charge in [-0.2, -0.15) is 0 Å². The quantitative estimate of drug-likeness (QED) is 0.681. The third-order valence-corrected chi connectivity index (χ3v) is 2.54. The summed E-state index contributed by atoms with van der Waals surface area (Å²) in [4.78, 5) is 0. The molecule has 0 aliphatic heterocycles. The van der Waals surface area contributed by atoms with Crippen molar-refractivity contribution in [2.24, 2.45) is 5.73 Å². The monoisotopic (exact) mass is 323 g/mol. The van der Waals surface area contributed by atoms with Crippen LogP contribution in [0.1, 0.15) is 0 Å². The predicted octanol–water partition coefficient (Wildman–Crippen LogP) is 3.00. The third kappa shape index (κ3) is 2.83. The summed E-state index contributed by atoms with van der Waals surface area (Å²) < 4.78 is 2.09. The Morgan fingerprint density at radius 3 is 2.64 bits per heavy atom. The van der Waals surface area contributed by atoms with E-state index in [0.717, 1.165) is 13.8 Å². The van der Waals surface area contributed by atoms with E-state index in [0.29, 0.717) is 0 Å². The zero-order chi connectivity index (χ0) is 8.27. The van der Waals surface area contributed by atoms with Gasteiger partial charge in [0.25, 0.3) is 0 Å². The molecule has 1 aliphatic rings. The molecule has 0 unspecified atom stereocenters. The Kier molecular flexibility index (Phi) is 3.39.